The first-order chi connectivity index (χ1) is 15.1. The molecule has 0 radical (unpaired) electrons. The summed E-state index contributed by atoms with van der Waals surface area (Å²) in [7, 11) is 0. The van der Waals surface area contributed by atoms with Crippen LogP contribution in [0.1, 0.15) is 49.7 Å². The molecule has 0 unspecified atom stereocenters. The van der Waals surface area contributed by atoms with Gasteiger partial charge >= 0.3 is 6.03 Å². The van der Waals surface area contributed by atoms with E-state index in [2.05, 4.69) is 25.8 Å². The molecule has 2 fully saturated rings. The molecule has 1 aliphatic carbocycles. The summed E-state index contributed by atoms with van der Waals surface area (Å²) < 4.78 is 0. The van der Waals surface area contributed by atoms with Crippen molar-refractivity contribution in [2.75, 3.05) is 18.0 Å². The van der Waals surface area contributed by atoms with Crippen molar-refractivity contribution in [1.29, 1.82) is 0 Å². The van der Waals surface area contributed by atoms with Crippen molar-refractivity contribution in [1.82, 2.24) is 20.9 Å². The molecule has 31 heavy (non-hydrogen) atoms. The lowest BCUT2D eigenvalue weighted by atomic mass is 9.96. The molecule has 7 nitrogen and oxygen atoms in total. The number of pyridine rings is 1. The van der Waals surface area contributed by atoms with Gasteiger partial charge in [0.15, 0.2) is 0 Å². The molecule has 3 N–H and O–H groups in total. The van der Waals surface area contributed by atoms with Crippen LogP contribution in [0, 0.1) is 0 Å². The van der Waals surface area contributed by atoms with Gasteiger partial charge < -0.3 is 20.9 Å². The molecule has 1 saturated carbocycles. The zero-order valence-electron chi connectivity index (χ0n) is 17.9. The number of rotatable bonds is 7. The first kappa shape index (κ1) is 21.2. The number of urea groups is 1. The molecule has 1 saturated heterocycles. The standard InChI is InChI=1S/C24H31N5O2/c30-22(26-18-20-10-13-25-21(16-20)29-14-6-7-15-29)24(11-4-5-12-24)28-23(31)27-17-19-8-2-1-3-9-19/h1-3,8-10,13,16H,4-7,11-12,14-15,17-18H2,(H,26,30)(H2,27,28,31). The number of nitrogens with one attached hydrogen (secondary N) is 3. The van der Waals surface area contributed by atoms with Crippen molar-refractivity contribution < 1.29 is 9.59 Å². The van der Waals surface area contributed by atoms with Crippen molar-refractivity contribution >= 4 is 17.8 Å². The van der Waals surface area contributed by atoms with E-state index in [0.717, 1.165) is 42.9 Å². The summed E-state index contributed by atoms with van der Waals surface area (Å²) in [5.41, 5.74) is 1.20. The number of aromatic nitrogens is 1. The Kier molecular flexibility index (Phi) is 6.70. The maximum absolute atomic E-state index is 13.1. The Labute approximate surface area is 183 Å². The van der Waals surface area contributed by atoms with Gasteiger partial charge in [0.25, 0.3) is 0 Å². The van der Waals surface area contributed by atoms with Crippen molar-refractivity contribution in [2.45, 2.75) is 57.2 Å². The van der Waals surface area contributed by atoms with Gasteiger partial charge in [-0.05, 0) is 48.9 Å². The SMILES string of the molecule is O=C(NCc1ccccc1)NC1(C(=O)NCc2ccnc(N3CCCC3)c2)CCCC1. The van der Waals surface area contributed by atoms with Crippen molar-refractivity contribution in [2.24, 2.45) is 0 Å². The predicted octanol–water partition coefficient (Wildman–Crippen LogP) is 3.11. The van der Waals surface area contributed by atoms with Crippen LogP contribution in [-0.4, -0.2) is 35.6 Å². The topological polar surface area (TPSA) is 86.4 Å². The highest BCUT2D eigenvalue weighted by molar-refractivity contribution is 5.91. The average Bonchev–Trinajstić information content (AvgIpc) is 3.50. The molecule has 0 bridgehead atoms. The fourth-order valence-electron chi connectivity index (χ4n) is 4.47. The van der Waals surface area contributed by atoms with Gasteiger partial charge in [-0.15, -0.1) is 0 Å². The Bertz CT molecular complexity index is 890. The van der Waals surface area contributed by atoms with E-state index in [9.17, 15) is 9.59 Å². The lowest BCUT2D eigenvalue weighted by Gasteiger charge is -2.29. The van der Waals surface area contributed by atoms with Crippen LogP contribution in [0.4, 0.5) is 10.6 Å². The Morgan fingerprint density at radius 1 is 0.903 bits per heavy atom. The highest BCUT2D eigenvalue weighted by atomic mass is 16.2. The number of hydrogen-bond acceptors (Lipinski definition) is 4. The van der Waals surface area contributed by atoms with Gasteiger partial charge in [-0.3, -0.25) is 4.79 Å². The summed E-state index contributed by atoms with van der Waals surface area (Å²) in [6.45, 7) is 2.93. The Hall–Kier alpha value is -3.09. The summed E-state index contributed by atoms with van der Waals surface area (Å²) in [5.74, 6) is 0.859. The van der Waals surface area contributed by atoms with E-state index in [0.29, 0.717) is 25.9 Å². The molecule has 4 rings (SSSR count). The summed E-state index contributed by atoms with van der Waals surface area (Å²) >= 11 is 0. The minimum atomic E-state index is -0.842. The molecular formula is C24H31N5O2. The zero-order valence-corrected chi connectivity index (χ0v) is 17.9. The fraction of sp³-hybridized carbons (Fsp3) is 0.458. The second-order valence-electron chi connectivity index (χ2n) is 8.48. The molecule has 2 aromatic rings. The van der Waals surface area contributed by atoms with E-state index in [-0.39, 0.29) is 11.9 Å². The number of anilines is 1. The number of benzene rings is 1. The van der Waals surface area contributed by atoms with Gasteiger partial charge in [-0.25, -0.2) is 9.78 Å². The number of carbonyl (C=O) groups excluding carboxylic acids is 2. The van der Waals surface area contributed by atoms with Crippen LogP contribution in [0.15, 0.2) is 48.7 Å². The number of nitrogens with zero attached hydrogens (tertiary/aromatic N) is 2. The molecule has 0 spiro atoms. The summed E-state index contributed by atoms with van der Waals surface area (Å²) in [6, 6.07) is 13.4. The molecule has 1 aromatic heterocycles. The van der Waals surface area contributed by atoms with Crippen LogP contribution in [0.5, 0.6) is 0 Å². The summed E-state index contributed by atoms with van der Waals surface area (Å²) in [6.07, 6.45) is 7.38. The first-order valence-electron chi connectivity index (χ1n) is 11.2. The number of amides is 3. The Balaban J connectivity index is 1.33. The highest BCUT2D eigenvalue weighted by Crippen LogP contribution is 2.30. The Morgan fingerprint density at radius 3 is 2.35 bits per heavy atom. The molecule has 2 heterocycles. The molecule has 2 aliphatic rings. The van der Waals surface area contributed by atoms with E-state index in [1.807, 2.05) is 42.5 Å². The summed E-state index contributed by atoms with van der Waals surface area (Å²) in [4.78, 5) is 32.4. The van der Waals surface area contributed by atoms with Crippen LogP contribution in [0.25, 0.3) is 0 Å². The van der Waals surface area contributed by atoms with Crippen LogP contribution >= 0.6 is 0 Å². The third kappa shape index (κ3) is 5.34. The molecule has 1 aromatic carbocycles. The van der Waals surface area contributed by atoms with Gasteiger partial charge in [0, 0.05) is 32.4 Å². The van der Waals surface area contributed by atoms with Crippen LogP contribution in [0.3, 0.4) is 0 Å². The highest BCUT2D eigenvalue weighted by Gasteiger charge is 2.42. The van der Waals surface area contributed by atoms with Crippen LogP contribution in [-0.2, 0) is 17.9 Å². The van der Waals surface area contributed by atoms with Gasteiger partial charge in [0.05, 0.1) is 0 Å². The molecule has 0 atom stereocenters. The summed E-state index contributed by atoms with van der Waals surface area (Å²) in [5, 5.41) is 8.90. The first-order valence-corrected chi connectivity index (χ1v) is 11.2. The molecule has 7 heteroatoms. The smallest absolute Gasteiger partial charge is 0.315 e. The average molecular weight is 422 g/mol. The quantitative estimate of drug-likeness (QED) is 0.641. The van der Waals surface area contributed by atoms with E-state index < -0.39 is 5.54 Å². The second-order valence-corrected chi connectivity index (χ2v) is 8.48. The van der Waals surface area contributed by atoms with E-state index in [1.165, 1.54) is 12.8 Å². The molecule has 1 aliphatic heterocycles. The van der Waals surface area contributed by atoms with Crippen LogP contribution < -0.4 is 20.9 Å². The van der Waals surface area contributed by atoms with Crippen molar-refractivity contribution in [3.8, 4) is 0 Å². The number of hydrogen-bond donors (Lipinski definition) is 3. The monoisotopic (exact) mass is 421 g/mol. The second kappa shape index (κ2) is 9.81. The third-order valence-corrected chi connectivity index (χ3v) is 6.23. The molecular weight excluding hydrogens is 390 g/mol. The normalized spacial score (nSPS) is 17.4. The maximum Gasteiger partial charge on any atom is 0.315 e. The molecule has 3 amide bonds. The zero-order chi connectivity index (χ0) is 21.5. The van der Waals surface area contributed by atoms with Gasteiger partial charge in [0.2, 0.25) is 5.91 Å². The van der Waals surface area contributed by atoms with Crippen LogP contribution in [0.2, 0.25) is 0 Å². The minimum Gasteiger partial charge on any atom is -0.357 e. The maximum atomic E-state index is 13.1. The third-order valence-electron chi connectivity index (χ3n) is 6.23. The van der Waals surface area contributed by atoms with Gasteiger partial charge in [0.1, 0.15) is 11.4 Å². The van der Waals surface area contributed by atoms with E-state index >= 15 is 0 Å². The predicted molar refractivity (Wildman–Crippen MR) is 121 cm³/mol. The van der Waals surface area contributed by atoms with E-state index in [4.69, 9.17) is 0 Å². The largest absolute Gasteiger partial charge is 0.357 e. The van der Waals surface area contributed by atoms with Gasteiger partial charge in [-0.2, -0.15) is 0 Å². The Morgan fingerprint density at radius 2 is 1.61 bits per heavy atom. The lowest BCUT2D eigenvalue weighted by molar-refractivity contribution is -0.127. The number of carbonyl (C=O) groups is 2. The van der Waals surface area contributed by atoms with Crippen molar-refractivity contribution in [3.05, 3.63) is 59.8 Å². The van der Waals surface area contributed by atoms with Gasteiger partial charge in [-0.1, -0.05) is 43.2 Å². The van der Waals surface area contributed by atoms with E-state index in [1.54, 1.807) is 6.20 Å². The molecule has 164 valence electrons. The van der Waals surface area contributed by atoms with Crippen molar-refractivity contribution in [3.63, 3.8) is 0 Å². The minimum absolute atomic E-state index is 0.112. The lowest BCUT2D eigenvalue weighted by Crippen LogP contribution is -2.59. The fourth-order valence-corrected chi connectivity index (χ4v) is 4.47.